The maximum atomic E-state index is 12.5. The van der Waals surface area contributed by atoms with E-state index in [0.717, 1.165) is 22.1 Å². The van der Waals surface area contributed by atoms with Gasteiger partial charge in [-0.3, -0.25) is 14.9 Å². The van der Waals surface area contributed by atoms with E-state index in [1.54, 1.807) is 13.3 Å². The van der Waals surface area contributed by atoms with E-state index < -0.39 is 0 Å². The lowest BCUT2D eigenvalue weighted by molar-refractivity contribution is 0.0947. The van der Waals surface area contributed by atoms with E-state index >= 15 is 0 Å². The average molecular weight is 359 g/mol. The molecule has 2 aromatic carbocycles. The van der Waals surface area contributed by atoms with Gasteiger partial charge in [0.15, 0.2) is 5.82 Å². The number of amides is 1. The molecule has 1 amide bonds. The van der Waals surface area contributed by atoms with Gasteiger partial charge in [0.25, 0.3) is 5.91 Å². The topological polar surface area (TPSA) is 92.8 Å². The number of aromatic nitrogens is 4. The fourth-order valence-corrected chi connectivity index (χ4v) is 2.79. The highest BCUT2D eigenvalue weighted by molar-refractivity contribution is 6.05. The monoisotopic (exact) mass is 359 g/mol. The van der Waals surface area contributed by atoms with Crippen molar-refractivity contribution in [2.45, 2.75) is 6.54 Å². The lowest BCUT2D eigenvalue weighted by Gasteiger charge is -2.05. The van der Waals surface area contributed by atoms with Crippen molar-refractivity contribution < 1.29 is 9.53 Å². The number of aromatic amines is 1. The number of ether oxygens (including phenoxy) is 1. The second-order valence-corrected chi connectivity index (χ2v) is 5.90. The Balaban J connectivity index is 1.47. The summed E-state index contributed by atoms with van der Waals surface area (Å²) in [4.78, 5) is 21.2. The Hall–Kier alpha value is -3.74. The van der Waals surface area contributed by atoms with Crippen molar-refractivity contribution in [3.8, 4) is 17.1 Å². The number of pyridine rings is 1. The summed E-state index contributed by atoms with van der Waals surface area (Å²) < 4.78 is 5.15. The number of nitrogens with one attached hydrogen (secondary N) is 2. The number of methoxy groups -OCH3 is 1. The van der Waals surface area contributed by atoms with Gasteiger partial charge >= 0.3 is 0 Å². The molecule has 0 radical (unpaired) electrons. The van der Waals surface area contributed by atoms with Crippen LogP contribution in [-0.2, 0) is 6.54 Å². The SMILES string of the molecule is COc1ccc(-c2n[nH]c(CNC(=O)c3nccc4ccccc34)n2)cc1. The van der Waals surface area contributed by atoms with Crippen molar-refractivity contribution in [2.75, 3.05) is 7.11 Å². The molecule has 4 aromatic rings. The zero-order valence-corrected chi connectivity index (χ0v) is 14.6. The van der Waals surface area contributed by atoms with Crippen LogP contribution in [0.4, 0.5) is 0 Å². The molecule has 0 unspecified atom stereocenters. The van der Waals surface area contributed by atoms with Crippen molar-refractivity contribution in [3.05, 3.63) is 72.3 Å². The zero-order valence-electron chi connectivity index (χ0n) is 14.6. The average Bonchev–Trinajstić information content (AvgIpc) is 3.20. The van der Waals surface area contributed by atoms with E-state index in [-0.39, 0.29) is 12.5 Å². The molecule has 2 heterocycles. The van der Waals surface area contributed by atoms with Crippen molar-refractivity contribution in [1.29, 1.82) is 0 Å². The Morgan fingerprint density at radius 3 is 2.74 bits per heavy atom. The second-order valence-electron chi connectivity index (χ2n) is 5.90. The first-order chi connectivity index (χ1) is 13.2. The standard InChI is InChI=1S/C20H17N5O2/c1-27-15-8-6-14(7-9-15)19-23-17(24-25-19)12-22-20(26)18-16-5-3-2-4-13(16)10-11-21-18/h2-11H,12H2,1H3,(H,22,26)(H,23,24,25). The Labute approximate surface area is 155 Å². The molecule has 0 fully saturated rings. The van der Waals surface area contributed by atoms with Crippen LogP contribution in [0.2, 0.25) is 0 Å². The van der Waals surface area contributed by atoms with E-state index in [1.807, 2.05) is 54.6 Å². The lowest BCUT2D eigenvalue weighted by atomic mass is 10.1. The van der Waals surface area contributed by atoms with Gasteiger partial charge in [-0.1, -0.05) is 24.3 Å². The minimum absolute atomic E-state index is 0.229. The number of fused-ring (bicyclic) bond motifs is 1. The Bertz CT molecular complexity index is 1080. The molecular formula is C20H17N5O2. The fraction of sp³-hybridized carbons (Fsp3) is 0.100. The first-order valence-electron chi connectivity index (χ1n) is 8.42. The number of carbonyl (C=O) groups excluding carboxylic acids is 1. The molecule has 27 heavy (non-hydrogen) atoms. The number of benzene rings is 2. The molecule has 0 bridgehead atoms. The first kappa shape index (κ1) is 16.7. The molecule has 134 valence electrons. The second kappa shape index (κ2) is 7.25. The number of hydrogen-bond acceptors (Lipinski definition) is 5. The summed E-state index contributed by atoms with van der Waals surface area (Å²) in [6, 6.07) is 17.0. The van der Waals surface area contributed by atoms with E-state index in [9.17, 15) is 4.79 Å². The maximum Gasteiger partial charge on any atom is 0.270 e. The number of rotatable bonds is 5. The summed E-state index contributed by atoms with van der Waals surface area (Å²) in [6.45, 7) is 0.229. The molecule has 2 N–H and O–H groups in total. The Morgan fingerprint density at radius 2 is 1.93 bits per heavy atom. The number of H-pyrrole nitrogens is 1. The smallest absolute Gasteiger partial charge is 0.270 e. The summed E-state index contributed by atoms with van der Waals surface area (Å²) in [5.74, 6) is 1.64. The molecule has 0 aliphatic carbocycles. The molecule has 0 spiro atoms. The van der Waals surface area contributed by atoms with E-state index in [2.05, 4.69) is 25.5 Å². The summed E-state index contributed by atoms with van der Waals surface area (Å²) >= 11 is 0. The third-order valence-corrected chi connectivity index (χ3v) is 4.19. The van der Waals surface area contributed by atoms with Gasteiger partial charge in [0.1, 0.15) is 17.3 Å². The number of nitrogens with zero attached hydrogens (tertiary/aromatic N) is 3. The van der Waals surface area contributed by atoms with E-state index in [1.165, 1.54) is 0 Å². The van der Waals surface area contributed by atoms with Gasteiger partial charge in [-0.05, 0) is 35.7 Å². The van der Waals surface area contributed by atoms with Gasteiger partial charge in [0.05, 0.1) is 13.7 Å². The van der Waals surface area contributed by atoms with Gasteiger partial charge in [-0.25, -0.2) is 4.98 Å². The van der Waals surface area contributed by atoms with Crippen molar-refractivity contribution in [3.63, 3.8) is 0 Å². The van der Waals surface area contributed by atoms with Gasteiger partial charge in [-0.2, -0.15) is 5.10 Å². The predicted molar refractivity (Wildman–Crippen MR) is 101 cm³/mol. The van der Waals surface area contributed by atoms with Crippen LogP contribution in [0.15, 0.2) is 60.8 Å². The normalized spacial score (nSPS) is 10.7. The van der Waals surface area contributed by atoms with Crippen LogP contribution in [0.25, 0.3) is 22.2 Å². The van der Waals surface area contributed by atoms with Gasteiger partial charge in [-0.15, -0.1) is 0 Å². The minimum atomic E-state index is -0.255. The largest absolute Gasteiger partial charge is 0.497 e. The van der Waals surface area contributed by atoms with Gasteiger partial charge in [0, 0.05) is 17.1 Å². The quantitative estimate of drug-likeness (QED) is 0.571. The minimum Gasteiger partial charge on any atom is -0.497 e. The van der Waals surface area contributed by atoms with Crippen molar-refractivity contribution in [1.82, 2.24) is 25.5 Å². The van der Waals surface area contributed by atoms with Crippen LogP contribution in [-0.4, -0.2) is 33.2 Å². The Kier molecular flexibility index (Phi) is 4.49. The first-order valence-corrected chi connectivity index (χ1v) is 8.42. The van der Waals surface area contributed by atoms with Crippen LogP contribution >= 0.6 is 0 Å². The zero-order chi connectivity index (χ0) is 18.6. The summed E-state index contributed by atoms with van der Waals surface area (Å²) in [5.41, 5.74) is 1.25. The van der Waals surface area contributed by atoms with Crippen molar-refractivity contribution in [2.24, 2.45) is 0 Å². The van der Waals surface area contributed by atoms with E-state index in [4.69, 9.17) is 4.74 Å². The molecule has 2 aromatic heterocycles. The summed E-state index contributed by atoms with van der Waals surface area (Å²) in [6.07, 6.45) is 1.63. The van der Waals surface area contributed by atoms with Gasteiger partial charge < -0.3 is 10.1 Å². The fourth-order valence-electron chi connectivity index (χ4n) is 2.79. The van der Waals surface area contributed by atoms with Crippen LogP contribution in [0.5, 0.6) is 5.75 Å². The molecule has 0 saturated heterocycles. The molecule has 0 atom stereocenters. The highest BCUT2D eigenvalue weighted by Gasteiger charge is 2.12. The van der Waals surface area contributed by atoms with Gasteiger partial charge in [0.2, 0.25) is 0 Å². The van der Waals surface area contributed by atoms with Crippen LogP contribution in [0.1, 0.15) is 16.3 Å². The predicted octanol–water partition coefficient (Wildman–Crippen LogP) is 2.96. The number of hydrogen-bond donors (Lipinski definition) is 2. The lowest BCUT2D eigenvalue weighted by Crippen LogP contribution is -2.24. The third kappa shape index (κ3) is 3.48. The third-order valence-electron chi connectivity index (χ3n) is 4.19. The van der Waals surface area contributed by atoms with Crippen LogP contribution < -0.4 is 10.1 Å². The van der Waals surface area contributed by atoms with Crippen LogP contribution in [0.3, 0.4) is 0 Å². The molecule has 4 rings (SSSR count). The molecule has 7 nitrogen and oxygen atoms in total. The highest BCUT2D eigenvalue weighted by Crippen LogP contribution is 2.19. The molecule has 0 aliphatic heterocycles. The Morgan fingerprint density at radius 1 is 1.11 bits per heavy atom. The maximum absolute atomic E-state index is 12.5. The molecular weight excluding hydrogens is 342 g/mol. The van der Waals surface area contributed by atoms with E-state index in [0.29, 0.717) is 17.3 Å². The molecule has 7 heteroatoms. The molecule has 0 saturated carbocycles. The molecule has 0 aliphatic rings. The summed E-state index contributed by atoms with van der Waals surface area (Å²) in [5, 5.41) is 11.7. The summed E-state index contributed by atoms with van der Waals surface area (Å²) in [7, 11) is 1.62. The number of carbonyl (C=O) groups is 1. The van der Waals surface area contributed by atoms with Crippen LogP contribution in [0, 0.1) is 0 Å². The highest BCUT2D eigenvalue weighted by atomic mass is 16.5. The van der Waals surface area contributed by atoms with Crippen molar-refractivity contribution >= 4 is 16.7 Å².